The average Bonchev–Trinajstić information content (AvgIpc) is 2.01. The molecule has 0 aromatic rings. The Morgan fingerprint density at radius 2 is 1.92 bits per heavy atom. The summed E-state index contributed by atoms with van der Waals surface area (Å²) in [7, 11) is 0. The van der Waals surface area contributed by atoms with Crippen LogP contribution in [0.15, 0.2) is 12.7 Å². The lowest BCUT2D eigenvalue weighted by molar-refractivity contribution is -0.0735. The first-order valence-corrected chi connectivity index (χ1v) is 4.65. The summed E-state index contributed by atoms with van der Waals surface area (Å²) in [6.07, 6.45) is 2.71. The average molecular weight is 169 g/mol. The van der Waals surface area contributed by atoms with Crippen LogP contribution in [0, 0.1) is 0 Å². The van der Waals surface area contributed by atoms with Crippen molar-refractivity contribution < 1.29 is 4.74 Å². The second-order valence-electron chi connectivity index (χ2n) is 3.69. The van der Waals surface area contributed by atoms with Gasteiger partial charge in [-0.25, -0.2) is 0 Å². The maximum atomic E-state index is 5.64. The lowest BCUT2D eigenvalue weighted by Crippen LogP contribution is -2.48. The quantitative estimate of drug-likeness (QED) is 0.583. The molecule has 0 bridgehead atoms. The van der Waals surface area contributed by atoms with E-state index in [9.17, 15) is 0 Å². The first-order chi connectivity index (χ1) is 5.63. The van der Waals surface area contributed by atoms with Gasteiger partial charge in [0.15, 0.2) is 0 Å². The number of hydrogen-bond acceptors (Lipinski definition) is 2. The molecule has 1 aliphatic rings. The number of morpholine rings is 1. The molecule has 0 aromatic carbocycles. The Hall–Kier alpha value is -0.340. The van der Waals surface area contributed by atoms with Crippen LogP contribution in [-0.2, 0) is 4.74 Å². The highest BCUT2D eigenvalue weighted by Crippen LogP contribution is 2.13. The Morgan fingerprint density at radius 3 is 2.33 bits per heavy atom. The smallest absolute Gasteiger partial charge is 0.0678 e. The summed E-state index contributed by atoms with van der Waals surface area (Å²) < 4.78 is 5.64. The van der Waals surface area contributed by atoms with E-state index < -0.39 is 0 Å². The molecular formula is C10H19NO. The molecule has 0 spiro atoms. The second kappa shape index (κ2) is 4.06. The summed E-state index contributed by atoms with van der Waals surface area (Å²) in [4.78, 5) is 2.41. The van der Waals surface area contributed by atoms with Gasteiger partial charge < -0.3 is 4.74 Å². The van der Waals surface area contributed by atoms with E-state index in [1.54, 1.807) is 0 Å². The van der Waals surface area contributed by atoms with Gasteiger partial charge in [-0.2, -0.15) is 0 Å². The van der Waals surface area contributed by atoms with E-state index in [-0.39, 0.29) is 0 Å². The van der Waals surface area contributed by atoms with Crippen molar-refractivity contribution in [2.45, 2.75) is 39.0 Å². The third-order valence-electron chi connectivity index (χ3n) is 2.36. The van der Waals surface area contributed by atoms with Crippen molar-refractivity contribution in [3.63, 3.8) is 0 Å². The largest absolute Gasteiger partial charge is 0.373 e. The molecule has 1 heterocycles. The molecule has 0 aliphatic carbocycles. The van der Waals surface area contributed by atoms with E-state index >= 15 is 0 Å². The lowest BCUT2D eigenvalue weighted by Gasteiger charge is -2.37. The highest BCUT2D eigenvalue weighted by molar-refractivity contribution is 4.87. The molecule has 0 amide bonds. The Balaban J connectivity index is 2.48. The van der Waals surface area contributed by atoms with E-state index in [2.05, 4.69) is 32.3 Å². The first-order valence-electron chi connectivity index (χ1n) is 4.65. The van der Waals surface area contributed by atoms with Gasteiger partial charge >= 0.3 is 0 Å². The van der Waals surface area contributed by atoms with Gasteiger partial charge in [0.25, 0.3) is 0 Å². The minimum absolute atomic E-state index is 0.358. The zero-order valence-electron chi connectivity index (χ0n) is 8.29. The fourth-order valence-electron chi connectivity index (χ4n) is 1.70. The third-order valence-corrected chi connectivity index (χ3v) is 2.36. The monoisotopic (exact) mass is 169 g/mol. The van der Waals surface area contributed by atoms with E-state index in [0.717, 1.165) is 13.1 Å². The highest BCUT2D eigenvalue weighted by Gasteiger charge is 2.23. The van der Waals surface area contributed by atoms with Crippen molar-refractivity contribution in [1.82, 2.24) is 4.90 Å². The molecular weight excluding hydrogens is 150 g/mol. The summed E-state index contributed by atoms with van der Waals surface area (Å²) in [5.41, 5.74) is 0. The first kappa shape index (κ1) is 9.75. The van der Waals surface area contributed by atoms with Gasteiger partial charge in [0, 0.05) is 19.1 Å². The van der Waals surface area contributed by atoms with Gasteiger partial charge in [-0.1, -0.05) is 6.08 Å². The highest BCUT2D eigenvalue weighted by atomic mass is 16.5. The lowest BCUT2D eigenvalue weighted by atomic mass is 10.2. The van der Waals surface area contributed by atoms with E-state index in [1.165, 1.54) is 0 Å². The van der Waals surface area contributed by atoms with Crippen molar-refractivity contribution in [2.75, 3.05) is 13.1 Å². The minimum atomic E-state index is 0.358. The molecule has 0 aromatic heterocycles. The Bertz CT molecular complexity index is 148. The van der Waals surface area contributed by atoms with Crippen molar-refractivity contribution in [2.24, 2.45) is 0 Å². The summed E-state index contributed by atoms with van der Waals surface area (Å²) in [6, 6.07) is 0.471. The van der Waals surface area contributed by atoms with Crippen LogP contribution in [0.4, 0.5) is 0 Å². The van der Waals surface area contributed by atoms with Crippen LogP contribution in [0.5, 0.6) is 0 Å². The minimum Gasteiger partial charge on any atom is -0.373 e. The van der Waals surface area contributed by atoms with Crippen LogP contribution >= 0.6 is 0 Å². The van der Waals surface area contributed by atoms with Crippen molar-refractivity contribution in [3.8, 4) is 0 Å². The normalized spacial score (nSPS) is 34.6. The van der Waals surface area contributed by atoms with Gasteiger partial charge in [-0.15, -0.1) is 6.58 Å². The maximum Gasteiger partial charge on any atom is 0.0678 e. The zero-order valence-corrected chi connectivity index (χ0v) is 8.29. The molecule has 12 heavy (non-hydrogen) atoms. The Kier molecular flexibility index (Phi) is 3.29. The molecule has 1 unspecified atom stereocenters. The van der Waals surface area contributed by atoms with Gasteiger partial charge in [0.05, 0.1) is 12.2 Å². The molecule has 1 saturated heterocycles. The Morgan fingerprint density at radius 1 is 1.42 bits per heavy atom. The second-order valence-corrected chi connectivity index (χ2v) is 3.69. The number of ether oxygens (including phenoxy) is 1. The standard InChI is InChI=1S/C10H19NO/c1-5-8(2)11-6-9(3)12-10(4)7-11/h5,8-10H,1,6-7H2,2-4H3/t8?,9-,10+. The van der Waals surface area contributed by atoms with Crippen LogP contribution in [0.25, 0.3) is 0 Å². The topological polar surface area (TPSA) is 12.5 Å². The maximum absolute atomic E-state index is 5.64. The molecule has 3 atom stereocenters. The molecule has 0 saturated carbocycles. The SMILES string of the molecule is C=CC(C)N1C[C@@H](C)O[C@@H](C)C1. The predicted octanol–water partition coefficient (Wildman–Crippen LogP) is 1.67. The molecule has 2 heteroatoms. The Labute approximate surface area is 75.2 Å². The molecule has 1 rings (SSSR count). The van der Waals surface area contributed by atoms with E-state index in [0.29, 0.717) is 18.2 Å². The van der Waals surface area contributed by atoms with Crippen LogP contribution in [0.3, 0.4) is 0 Å². The van der Waals surface area contributed by atoms with Crippen LogP contribution < -0.4 is 0 Å². The molecule has 70 valence electrons. The summed E-state index contributed by atoms with van der Waals surface area (Å²) >= 11 is 0. The summed E-state index contributed by atoms with van der Waals surface area (Å²) in [6.45, 7) is 12.3. The summed E-state index contributed by atoms with van der Waals surface area (Å²) in [5, 5.41) is 0. The third kappa shape index (κ3) is 2.32. The number of hydrogen-bond donors (Lipinski definition) is 0. The van der Waals surface area contributed by atoms with Crippen LogP contribution in [-0.4, -0.2) is 36.2 Å². The van der Waals surface area contributed by atoms with Crippen molar-refractivity contribution in [1.29, 1.82) is 0 Å². The summed E-state index contributed by atoms with van der Waals surface area (Å²) in [5.74, 6) is 0. The van der Waals surface area contributed by atoms with Crippen molar-refractivity contribution in [3.05, 3.63) is 12.7 Å². The van der Waals surface area contributed by atoms with Gasteiger partial charge in [-0.3, -0.25) is 4.90 Å². The molecule has 2 nitrogen and oxygen atoms in total. The predicted molar refractivity (Wildman–Crippen MR) is 51.2 cm³/mol. The molecule has 0 N–H and O–H groups in total. The number of rotatable bonds is 2. The van der Waals surface area contributed by atoms with Crippen molar-refractivity contribution >= 4 is 0 Å². The molecule has 1 fully saturated rings. The van der Waals surface area contributed by atoms with E-state index in [4.69, 9.17) is 4.74 Å². The molecule has 1 aliphatic heterocycles. The van der Waals surface area contributed by atoms with Crippen LogP contribution in [0.2, 0.25) is 0 Å². The molecule has 0 radical (unpaired) electrons. The van der Waals surface area contributed by atoms with Gasteiger partial charge in [0.1, 0.15) is 0 Å². The number of nitrogens with zero attached hydrogens (tertiary/aromatic N) is 1. The fraction of sp³-hybridized carbons (Fsp3) is 0.800. The van der Waals surface area contributed by atoms with Crippen LogP contribution in [0.1, 0.15) is 20.8 Å². The zero-order chi connectivity index (χ0) is 9.14. The van der Waals surface area contributed by atoms with Gasteiger partial charge in [0.2, 0.25) is 0 Å². The van der Waals surface area contributed by atoms with E-state index in [1.807, 2.05) is 6.08 Å². The van der Waals surface area contributed by atoms with Gasteiger partial charge in [-0.05, 0) is 20.8 Å². The fourth-order valence-corrected chi connectivity index (χ4v) is 1.70.